The Morgan fingerprint density at radius 3 is 2.57 bits per heavy atom. The molecule has 35 heavy (non-hydrogen) atoms. The van der Waals surface area contributed by atoms with E-state index < -0.39 is 18.5 Å². The van der Waals surface area contributed by atoms with Gasteiger partial charge in [0.25, 0.3) is 5.91 Å². The number of aryl methyl sites for hydroxylation is 2. The molecule has 0 unspecified atom stereocenters. The minimum atomic E-state index is -0.608. The lowest BCUT2D eigenvalue weighted by Crippen LogP contribution is -2.20. The Bertz CT molecular complexity index is 1240. The molecular weight excluding hydrogens is 446 g/mol. The molecule has 0 radical (unpaired) electrons. The van der Waals surface area contributed by atoms with Crippen LogP contribution in [-0.2, 0) is 20.9 Å². The average Bonchev–Trinajstić information content (AvgIpc) is 2.99. The van der Waals surface area contributed by atoms with Gasteiger partial charge in [-0.3, -0.25) is 9.48 Å². The molecule has 0 bridgehead atoms. The van der Waals surface area contributed by atoms with Gasteiger partial charge in [0, 0.05) is 35.5 Å². The molecule has 0 saturated carbocycles. The van der Waals surface area contributed by atoms with E-state index in [-0.39, 0.29) is 0 Å². The number of rotatable bonds is 7. The van der Waals surface area contributed by atoms with Gasteiger partial charge in [-0.25, -0.2) is 4.79 Å². The number of nitrogens with zero attached hydrogens (tertiary/aromatic N) is 2. The summed E-state index contributed by atoms with van der Waals surface area (Å²) in [5, 5.41) is 7.29. The van der Waals surface area contributed by atoms with Crippen LogP contribution in [0.15, 0.2) is 48.5 Å². The quantitative estimate of drug-likeness (QED) is 0.407. The number of esters is 1. The van der Waals surface area contributed by atoms with E-state index in [0.29, 0.717) is 36.9 Å². The Hall–Kier alpha value is -4.07. The molecule has 0 saturated heterocycles. The summed E-state index contributed by atoms with van der Waals surface area (Å²) < 4.78 is 18.2. The van der Waals surface area contributed by atoms with Crippen LogP contribution >= 0.6 is 0 Å². The second-order valence-electron chi connectivity index (χ2n) is 8.43. The third-order valence-corrected chi connectivity index (χ3v) is 5.65. The highest BCUT2D eigenvalue weighted by atomic mass is 16.5. The van der Waals surface area contributed by atoms with E-state index in [4.69, 9.17) is 14.2 Å². The molecular formula is C27H29N3O5. The highest BCUT2D eigenvalue weighted by molar-refractivity contribution is 5.95. The molecule has 0 fully saturated rings. The first kappa shape index (κ1) is 24.1. The van der Waals surface area contributed by atoms with Crippen LogP contribution in [0.5, 0.6) is 11.5 Å². The normalized spacial score (nSPS) is 12.9. The predicted octanol–water partition coefficient (Wildman–Crippen LogP) is 4.21. The maximum Gasteiger partial charge on any atom is 0.331 e. The first-order valence-electron chi connectivity index (χ1n) is 11.5. The van der Waals surface area contributed by atoms with Gasteiger partial charge in [0.2, 0.25) is 0 Å². The number of nitrogens with one attached hydrogen (secondary N) is 1. The molecule has 0 aliphatic carbocycles. The molecule has 0 spiro atoms. The van der Waals surface area contributed by atoms with Gasteiger partial charge < -0.3 is 19.5 Å². The van der Waals surface area contributed by atoms with Gasteiger partial charge in [0.05, 0.1) is 25.5 Å². The summed E-state index contributed by atoms with van der Waals surface area (Å²) in [4.78, 5) is 24.4. The SMILES string of the molecule is Cc1ccc(Cn2nc(C)c(/C=C\C(=O)OCC(=O)Nc3ccc4c(c3)OCCCO4)c2C)cc1. The van der Waals surface area contributed by atoms with Gasteiger partial charge in [0.15, 0.2) is 18.1 Å². The van der Waals surface area contributed by atoms with Crippen molar-refractivity contribution in [3.8, 4) is 11.5 Å². The van der Waals surface area contributed by atoms with Crippen molar-refractivity contribution in [3.05, 3.63) is 76.6 Å². The molecule has 1 N–H and O–H groups in total. The molecule has 4 rings (SSSR count). The first-order chi connectivity index (χ1) is 16.9. The number of hydrogen-bond acceptors (Lipinski definition) is 6. The van der Waals surface area contributed by atoms with Gasteiger partial charge in [0.1, 0.15) is 0 Å². The lowest BCUT2D eigenvalue weighted by atomic mass is 10.1. The number of aromatic nitrogens is 2. The number of ether oxygens (including phenoxy) is 3. The number of amides is 1. The molecule has 1 aliphatic heterocycles. The molecule has 8 nitrogen and oxygen atoms in total. The molecule has 1 aromatic heterocycles. The average molecular weight is 476 g/mol. The summed E-state index contributed by atoms with van der Waals surface area (Å²) in [6.07, 6.45) is 3.79. The molecule has 2 heterocycles. The van der Waals surface area contributed by atoms with Crippen LogP contribution in [0, 0.1) is 20.8 Å². The zero-order valence-electron chi connectivity index (χ0n) is 20.2. The highest BCUT2D eigenvalue weighted by Gasteiger charge is 2.13. The zero-order valence-corrected chi connectivity index (χ0v) is 20.2. The van der Waals surface area contributed by atoms with E-state index >= 15 is 0 Å². The van der Waals surface area contributed by atoms with E-state index in [1.807, 2.05) is 18.5 Å². The Labute approximate surface area is 204 Å². The molecule has 2 aromatic carbocycles. The van der Waals surface area contributed by atoms with Crippen LogP contribution in [0.3, 0.4) is 0 Å². The third-order valence-electron chi connectivity index (χ3n) is 5.65. The molecule has 0 atom stereocenters. The summed E-state index contributed by atoms with van der Waals surface area (Å²) >= 11 is 0. The summed E-state index contributed by atoms with van der Waals surface area (Å²) in [7, 11) is 0. The Morgan fingerprint density at radius 2 is 1.80 bits per heavy atom. The summed E-state index contributed by atoms with van der Waals surface area (Å²) in [5.41, 5.74) is 5.50. The van der Waals surface area contributed by atoms with Crippen LogP contribution in [0.4, 0.5) is 5.69 Å². The van der Waals surface area contributed by atoms with E-state index in [2.05, 4.69) is 41.6 Å². The minimum Gasteiger partial charge on any atom is -0.490 e. The standard InChI is InChI=1S/C27H29N3O5/c1-18-5-7-21(8-6-18)16-30-20(3)23(19(2)29-30)10-12-27(32)35-17-26(31)28-22-9-11-24-25(15-22)34-14-4-13-33-24/h5-12,15H,4,13-14,16-17H2,1-3H3,(H,28,31)/b12-10-. The number of anilines is 1. The molecule has 1 aliphatic rings. The second-order valence-corrected chi connectivity index (χ2v) is 8.43. The van der Waals surface area contributed by atoms with Crippen molar-refractivity contribution in [1.29, 1.82) is 0 Å². The minimum absolute atomic E-state index is 0.401. The van der Waals surface area contributed by atoms with Crippen molar-refractivity contribution in [3.63, 3.8) is 0 Å². The number of fused-ring (bicyclic) bond motifs is 1. The van der Waals surface area contributed by atoms with Crippen molar-refractivity contribution in [2.75, 3.05) is 25.1 Å². The smallest absolute Gasteiger partial charge is 0.331 e. The van der Waals surface area contributed by atoms with Crippen molar-refractivity contribution < 1.29 is 23.8 Å². The lowest BCUT2D eigenvalue weighted by Gasteiger charge is -2.10. The Balaban J connectivity index is 1.30. The fourth-order valence-electron chi connectivity index (χ4n) is 3.75. The van der Waals surface area contributed by atoms with Crippen LogP contribution in [0.25, 0.3) is 6.08 Å². The number of carbonyl (C=O) groups is 2. The summed E-state index contributed by atoms with van der Waals surface area (Å²) in [5.74, 6) is 0.169. The topological polar surface area (TPSA) is 91.7 Å². The van der Waals surface area contributed by atoms with Gasteiger partial charge >= 0.3 is 5.97 Å². The van der Waals surface area contributed by atoms with E-state index in [0.717, 1.165) is 28.9 Å². The fraction of sp³-hybridized carbons (Fsp3) is 0.296. The number of carbonyl (C=O) groups excluding carboxylic acids is 2. The molecule has 1 amide bonds. The van der Waals surface area contributed by atoms with Gasteiger partial charge in [-0.05, 0) is 44.5 Å². The molecule has 182 valence electrons. The highest BCUT2D eigenvalue weighted by Crippen LogP contribution is 2.32. The van der Waals surface area contributed by atoms with Gasteiger partial charge in [-0.1, -0.05) is 29.8 Å². The maximum absolute atomic E-state index is 12.2. The van der Waals surface area contributed by atoms with Crippen LogP contribution in [0.1, 0.15) is 34.5 Å². The van der Waals surface area contributed by atoms with Crippen molar-refractivity contribution in [2.45, 2.75) is 33.7 Å². The Kier molecular flexibility index (Phi) is 7.50. The summed E-state index contributed by atoms with van der Waals surface area (Å²) in [6.45, 7) is 7.30. The van der Waals surface area contributed by atoms with Crippen molar-refractivity contribution in [1.82, 2.24) is 9.78 Å². The third kappa shape index (κ3) is 6.29. The monoisotopic (exact) mass is 475 g/mol. The predicted molar refractivity (Wildman–Crippen MR) is 133 cm³/mol. The van der Waals surface area contributed by atoms with E-state index in [9.17, 15) is 9.59 Å². The second kappa shape index (κ2) is 10.9. The van der Waals surface area contributed by atoms with Crippen molar-refractivity contribution in [2.24, 2.45) is 0 Å². The zero-order chi connectivity index (χ0) is 24.8. The van der Waals surface area contributed by atoms with E-state index in [1.165, 1.54) is 11.6 Å². The van der Waals surface area contributed by atoms with Crippen LogP contribution < -0.4 is 14.8 Å². The fourth-order valence-corrected chi connectivity index (χ4v) is 3.75. The van der Waals surface area contributed by atoms with Crippen LogP contribution in [-0.4, -0.2) is 41.5 Å². The van der Waals surface area contributed by atoms with Gasteiger partial charge in [-0.15, -0.1) is 0 Å². The maximum atomic E-state index is 12.2. The Morgan fingerprint density at radius 1 is 1.06 bits per heavy atom. The largest absolute Gasteiger partial charge is 0.490 e. The number of benzene rings is 2. The number of hydrogen-bond donors (Lipinski definition) is 1. The van der Waals surface area contributed by atoms with Crippen molar-refractivity contribution >= 4 is 23.6 Å². The van der Waals surface area contributed by atoms with E-state index in [1.54, 1.807) is 24.3 Å². The van der Waals surface area contributed by atoms with Crippen LogP contribution in [0.2, 0.25) is 0 Å². The molecule has 3 aromatic rings. The first-order valence-corrected chi connectivity index (χ1v) is 11.5. The lowest BCUT2D eigenvalue weighted by molar-refractivity contribution is -0.142. The molecule has 8 heteroatoms. The van der Waals surface area contributed by atoms with Gasteiger partial charge in [-0.2, -0.15) is 5.10 Å². The summed E-state index contributed by atoms with van der Waals surface area (Å²) in [6, 6.07) is 13.5.